The first-order valence-corrected chi connectivity index (χ1v) is 10.6. The molecule has 4 amide bonds. The molecule has 0 radical (unpaired) electrons. The third-order valence-corrected chi connectivity index (χ3v) is 5.11. The van der Waals surface area contributed by atoms with Crippen molar-refractivity contribution in [2.75, 3.05) is 13.2 Å². The van der Waals surface area contributed by atoms with Gasteiger partial charge < -0.3 is 14.2 Å². The van der Waals surface area contributed by atoms with Gasteiger partial charge in [0.1, 0.15) is 23.6 Å². The Morgan fingerprint density at radius 2 is 1.62 bits per heavy atom. The number of imide groups is 2. The number of amides is 4. The van der Waals surface area contributed by atoms with E-state index in [0.717, 1.165) is 5.56 Å². The van der Waals surface area contributed by atoms with Crippen LogP contribution < -0.4 is 20.1 Å². The Hall–Kier alpha value is -4.25. The predicted octanol–water partition coefficient (Wildman–Crippen LogP) is 2.56. The normalized spacial score (nSPS) is 18.1. The van der Waals surface area contributed by atoms with Gasteiger partial charge in [0, 0.05) is 18.6 Å². The summed E-state index contributed by atoms with van der Waals surface area (Å²) in [6.07, 6.45) is 1.20. The zero-order chi connectivity index (χ0) is 24.0. The number of H-pyrrole nitrogens is 1. The lowest BCUT2D eigenvalue weighted by Crippen LogP contribution is -2.52. The highest BCUT2D eigenvalue weighted by Gasteiger charge is 2.46. The third kappa shape index (κ3) is 5.38. The van der Waals surface area contributed by atoms with Gasteiger partial charge in [-0.3, -0.25) is 25.3 Å². The molecule has 3 aromatic rings. The summed E-state index contributed by atoms with van der Waals surface area (Å²) in [5.74, 6) is 0.826. The number of nitrogens with one attached hydrogen (secondary N) is 3. The molecule has 2 aromatic carbocycles. The minimum absolute atomic E-state index is 0.0865. The number of carbonyl (C=O) groups excluding carboxylic acids is 3. The van der Waals surface area contributed by atoms with E-state index < -0.39 is 23.4 Å². The molecule has 1 unspecified atom stereocenters. The number of ether oxygens (including phenoxy) is 3. The Morgan fingerprint density at radius 1 is 0.941 bits per heavy atom. The summed E-state index contributed by atoms with van der Waals surface area (Å²) in [5, 5.41) is 10.9. The topological polar surface area (TPSA) is 145 Å². The van der Waals surface area contributed by atoms with Gasteiger partial charge in [-0.25, -0.2) is 9.78 Å². The fraction of sp³-hybridized carbons (Fsp3) is 0.261. The molecule has 11 nitrogen and oxygen atoms in total. The van der Waals surface area contributed by atoms with E-state index in [4.69, 9.17) is 14.2 Å². The van der Waals surface area contributed by atoms with Crippen LogP contribution in [0.5, 0.6) is 17.2 Å². The van der Waals surface area contributed by atoms with Crippen LogP contribution in [-0.2, 0) is 14.3 Å². The molecule has 1 fully saturated rings. The molecule has 0 bridgehead atoms. The highest BCUT2D eigenvalue weighted by Crippen LogP contribution is 2.30. The maximum Gasteiger partial charge on any atom is 0.328 e. The second-order valence-electron chi connectivity index (χ2n) is 7.48. The Kier molecular flexibility index (Phi) is 6.83. The van der Waals surface area contributed by atoms with Gasteiger partial charge in [0.2, 0.25) is 5.91 Å². The van der Waals surface area contributed by atoms with Gasteiger partial charge in [-0.1, -0.05) is 0 Å². The molecular weight excluding hydrogens is 442 g/mol. The fourth-order valence-electron chi connectivity index (χ4n) is 3.44. The van der Waals surface area contributed by atoms with Gasteiger partial charge in [-0.15, -0.1) is 0 Å². The van der Waals surface area contributed by atoms with E-state index in [-0.39, 0.29) is 19.4 Å². The number of carbonyl (C=O) groups is 3. The molecule has 11 heteroatoms. The fourth-order valence-corrected chi connectivity index (χ4v) is 3.44. The first-order chi connectivity index (χ1) is 16.5. The highest BCUT2D eigenvalue weighted by atomic mass is 16.5. The van der Waals surface area contributed by atoms with Crippen LogP contribution in [0.4, 0.5) is 4.79 Å². The molecule has 1 atom stereocenters. The van der Waals surface area contributed by atoms with Crippen LogP contribution in [0.15, 0.2) is 54.9 Å². The van der Waals surface area contributed by atoms with Gasteiger partial charge >= 0.3 is 6.03 Å². The molecule has 3 N–H and O–H groups in total. The summed E-state index contributed by atoms with van der Waals surface area (Å²) in [6, 6.07) is 13.0. The lowest BCUT2D eigenvalue weighted by molar-refractivity contribution is -0.141. The number of hydrogen-bond donors (Lipinski definition) is 3. The van der Waals surface area contributed by atoms with Crippen LogP contribution >= 0.6 is 0 Å². The smallest absolute Gasteiger partial charge is 0.328 e. The average Bonchev–Trinajstić information content (AvgIpc) is 3.32. The number of aromatic amines is 1. The summed E-state index contributed by atoms with van der Waals surface area (Å²) in [5.41, 5.74) is -0.722. The van der Waals surface area contributed by atoms with E-state index in [9.17, 15) is 14.4 Å². The van der Waals surface area contributed by atoms with E-state index in [1.165, 1.54) is 6.33 Å². The molecule has 34 heavy (non-hydrogen) atoms. The zero-order valence-electron chi connectivity index (χ0n) is 18.4. The van der Waals surface area contributed by atoms with Gasteiger partial charge in [-0.05, 0) is 55.5 Å². The maximum atomic E-state index is 12.8. The monoisotopic (exact) mass is 465 g/mol. The molecular formula is C23H23N5O6. The standard InChI is InChI=1S/C23H23N5O6/c1-2-32-12-11-23(13-19(29)26-22(31)27-21(23)30)34-18-9-7-17(8-10-18)33-16-5-3-15(4-6-16)20-24-14-25-28-20/h3-10,14H,2,11-13H2,1H3,(H,24,25,28)(H2,26,27,29,30,31). The summed E-state index contributed by atoms with van der Waals surface area (Å²) >= 11 is 0. The zero-order valence-corrected chi connectivity index (χ0v) is 18.4. The van der Waals surface area contributed by atoms with Crippen LogP contribution in [0.3, 0.4) is 0 Å². The van der Waals surface area contributed by atoms with E-state index in [0.29, 0.717) is 29.7 Å². The maximum absolute atomic E-state index is 12.8. The lowest BCUT2D eigenvalue weighted by atomic mass is 9.94. The van der Waals surface area contributed by atoms with E-state index in [1.54, 1.807) is 36.4 Å². The van der Waals surface area contributed by atoms with E-state index in [1.807, 2.05) is 19.1 Å². The molecule has 4 rings (SSSR count). The van der Waals surface area contributed by atoms with Crippen molar-refractivity contribution in [2.24, 2.45) is 0 Å². The molecule has 176 valence electrons. The summed E-state index contributed by atoms with van der Waals surface area (Å²) in [6.45, 7) is 2.43. The predicted molar refractivity (Wildman–Crippen MR) is 119 cm³/mol. The van der Waals surface area contributed by atoms with Gasteiger partial charge in [0.05, 0.1) is 13.0 Å². The van der Waals surface area contributed by atoms with Crippen LogP contribution in [0.1, 0.15) is 19.8 Å². The second kappa shape index (κ2) is 10.1. The molecule has 1 saturated heterocycles. The Morgan fingerprint density at radius 3 is 2.26 bits per heavy atom. The Balaban J connectivity index is 1.47. The quantitative estimate of drug-likeness (QED) is 0.409. The van der Waals surface area contributed by atoms with Crippen molar-refractivity contribution in [1.82, 2.24) is 25.8 Å². The molecule has 1 aliphatic heterocycles. The van der Waals surface area contributed by atoms with Crippen LogP contribution in [0, 0.1) is 0 Å². The van der Waals surface area contributed by atoms with Crippen molar-refractivity contribution in [2.45, 2.75) is 25.4 Å². The van der Waals surface area contributed by atoms with Crippen LogP contribution in [0.25, 0.3) is 11.4 Å². The molecule has 1 aliphatic rings. The largest absolute Gasteiger partial charge is 0.477 e. The molecule has 2 heterocycles. The minimum atomic E-state index is -1.59. The molecule has 1 aromatic heterocycles. The van der Waals surface area contributed by atoms with Gasteiger partial charge in [0.25, 0.3) is 5.91 Å². The van der Waals surface area contributed by atoms with Crippen molar-refractivity contribution in [3.05, 3.63) is 54.9 Å². The minimum Gasteiger partial charge on any atom is -0.477 e. The third-order valence-electron chi connectivity index (χ3n) is 5.11. The number of nitrogens with zero attached hydrogens (tertiary/aromatic N) is 2. The number of benzene rings is 2. The molecule has 0 saturated carbocycles. The van der Waals surface area contributed by atoms with Crippen molar-refractivity contribution >= 4 is 17.8 Å². The summed E-state index contributed by atoms with van der Waals surface area (Å²) in [4.78, 5) is 40.7. The van der Waals surface area contributed by atoms with Gasteiger partial charge in [0.15, 0.2) is 11.4 Å². The lowest BCUT2D eigenvalue weighted by Gasteiger charge is -2.30. The van der Waals surface area contributed by atoms with Crippen molar-refractivity contribution in [1.29, 1.82) is 0 Å². The molecule has 0 spiro atoms. The number of aromatic nitrogens is 3. The van der Waals surface area contributed by atoms with Crippen molar-refractivity contribution in [3.8, 4) is 28.6 Å². The van der Waals surface area contributed by atoms with E-state index >= 15 is 0 Å². The SMILES string of the molecule is CCOCCC1(Oc2ccc(Oc3ccc(-c4ncn[nH]4)cc3)cc2)CC(=O)NC(=O)NC1=O. The number of rotatable bonds is 9. The second-order valence-corrected chi connectivity index (χ2v) is 7.48. The number of hydrogen-bond acceptors (Lipinski definition) is 8. The van der Waals surface area contributed by atoms with Gasteiger partial charge in [-0.2, -0.15) is 5.10 Å². The average molecular weight is 465 g/mol. The van der Waals surface area contributed by atoms with Crippen molar-refractivity contribution < 1.29 is 28.6 Å². The van der Waals surface area contributed by atoms with Crippen LogP contribution in [0.2, 0.25) is 0 Å². The Bertz CT molecular complexity index is 1150. The first-order valence-electron chi connectivity index (χ1n) is 10.6. The summed E-state index contributed by atoms with van der Waals surface area (Å²) in [7, 11) is 0. The van der Waals surface area contributed by atoms with E-state index in [2.05, 4.69) is 25.8 Å². The van der Waals surface area contributed by atoms with Crippen LogP contribution in [-0.4, -0.2) is 51.8 Å². The Labute approximate surface area is 194 Å². The highest BCUT2D eigenvalue weighted by molar-refractivity contribution is 6.09. The molecule has 0 aliphatic carbocycles. The number of urea groups is 1. The van der Waals surface area contributed by atoms with Crippen molar-refractivity contribution in [3.63, 3.8) is 0 Å². The summed E-state index contributed by atoms with van der Waals surface area (Å²) < 4.78 is 17.2. The first kappa shape index (κ1) is 22.9.